The van der Waals surface area contributed by atoms with Gasteiger partial charge in [0.1, 0.15) is 11.2 Å². The predicted octanol–water partition coefficient (Wildman–Crippen LogP) is 1.75. The van der Waals surface area contributed by atoms with Crippen LogP contribution in [0.15, 0.2) is 6.07 Å². The number of hydrogen-bond acceptors (Lipinski definition) is 4. The number of aryl methyl sites for hydroxylation is 1. The Hall–Kier alpha value is -1.58. The van der Waals surface area contributed by atoms with E-state index in [2.05, 4.69) is 21.8 Å². The van der Waals surface area contributed by atoms with E-state index in [0.29, 0.717) is 28.2 Å². The summed E-state index contributed by atoms with van der Waals surface area (Å²) in [6.07, 6.45) is 0. The van der Waals surface area contributed by atoms with E-state index in [-0.39, 0.29) is 0 Å². The van der Waals surface area contributed by atoms with Crippen molar-refractivity contribution in [2.24, 2.45) is 0 Å². The van der Waals surface area contributed by atoms with E-state index < -0.39 is 0 Å². The first kappa shape index (κ1) is 14.5. The fraction of sp³-hybridized carbons (Fsp3) is 0.364. The molecule has 0 saturated heterocycles. The summed E-state index contributed by atoms with van der Waals surface area (Å²) < 4.78 is 0. The molecule has 2 N–H and O–H groups in total. The van der Waals surface area contributed by atoms with Crippen LogP contribution in [0.25, 0.3) is 0 Å². The fourth-order valence-electron chi connectivity index (χ4n) is 1.40. The summed E-state index contributed by atoms with van der Waals surface area (Å²) in [5.74, 6) is 0.447. The number of nitrogens with one attached hydrogen (secondary N) is 2. The highest BCUT2D eigenvalue weighted by atomic mass is 35.5. The second kappa shape index (κ2) is 6.38. The van der Waals surface area contributed by atoms with Crippen LogP contribution >= 0.6 is 23.8 Å². The van der Waals surface area contributed by atoms with E-state index in [1.54, 1.807) is 18.1 Å². The SMILES string of the molecule is CCNC(=S)NN(C)c1nc(Cl)cc(C)c1C#N. The van der Waals surface area contributed by atoms with Gasteiger partial charge in [-0.1, -0.05) is 11.6 Å². The summed E-state index contributed by atoms with van der Waals surface area (Å²) in [5.41, 5.74) is 4.15. The fourth-order valence-corrected chi connectivity index (χ4v) is 1.93. The highest BCUT2D eigenvalue weighted by molar-refractivity contribution is 7.80. The third kappa shape index (κ3) is 3.45. The zero-order valence-electron chi connectivity index (χ0n) is 10.4. The Labute approximate surface area is 117 Å². The van der Waals surface area contributed by atoms with Gasteiger partial charge in [-0.15, -0.1) is 0 Å². The lowest BCUT2D eigenvalue weighted by molar-refractivity contribution is 0.817. The average molecular weight is 284 g/mol. The lowest BCUT2D eigenvalue weighted by Crippen LogP contribution is -2.45. The van der Waals surface area contributed by atoms with Crippen LogP contribution in [0.4, 0.5) is 5.82 Å². The normalized spacial score (nSPS) is 9.50. The molecule has 0 bridgehead atoms. The van der Waals surface area contributed by atoms with Crippen molar-refractivity contribution in [3.05, 3.63) is 22.3 Å². The molecule has 18 heavy (non-hydrogen) atoms. The lowest BCUT2D eigenvalue weighted by Gasteiger charge is -2.22. The molecule has 0 atom stereocenters. The van der Waals surface area contributed by atoms with Crippen LogP contribution in [-0.2, 0) is 0 Å². The van der Waals surface area contributed by atoms with E-state index in [0.717, 1.165) is 5.56 Å². The molecule has 0 radical (unpaired) electrons. The molecule has 1 aromatic rings. The third-order valence-electron chi connectivity index (χ3n) is 2.20. The van der Waals surface area contributed by atoms with Gasteiger partial charge in [-0.25, -0.2) is 4.98 Å². The minimum absolute atomic E-state index is 0.338. The number of rotatable bonds is 3. The van der Waals surface area contributed by atoms with Crippen molar-refractivity contribution in [1.29, 1.82) is 5.26 Å². The van der Waals surface area contributed by atoms with Crippen LogP contribution in [0, 0.1) is 18.3 Å². The molecule has 0 unspecified atom stereocenters. The van der Waals surface area contributed by atoms with Crippen molar-refractivity contribution < 1.29 is 0 Å². The molecule has 0 aliphatic rings. The maximum Gasteiger partial charge on any atom is 0.185 e. The Morgan fingerprint density at radius 3 is 2.89 bits per heavy atom. The quantitative estimate of drug-likeness (QED) is 0.501. The molecular weight excluding hydrogens is 270 g/mol. The minimum Gasteiger partial charge on any atom is -0.362 e. The van der Waals surface area contributed by atoms with Crippen LogP contribution in [0.5, 0.6) is 0 Å². The number of hydrazine groups is 1. The molecule has 1 heterocycles. The van der Waals surface area contributed by atoms with Crippen molar-refractivity contribution in [3.63, 3.8) is 0 Å². The van der Waals surface area contributed by atoms with Crippen molar-refractivity contribution in [1.82, 2.24) is 15.7 Å². The summed E-state index contributed by atoms with van der Waals surface area (Å²) in [7, 11) is 1.72. The number of nitriles is 1. The number of hydrogen-bond donors (Lipinski definition) is 2. The average Bonchev–Trinajstić information content (AvgIpc) is 2.28. The maximum atomic E-state index is 9.14. The second-order valence-corrected chi connectivity index (χ2v) is 4.40. The van der Waals surface area contributed by atoms with Gasteiger partial charge in [0.25, 0.3) is 0 Å². The van der Waals surface area contributed by atoms with Gasteiger partial charge in [0.15, 0.2) is 10.9 Å². The maximum absolute atomic E-state index is 9.14. The van der Waals surface area contributed by atoms with Gasteiger partial charge >= 0.3 is 0 Å². The van der Waals surface area contributed by atoms with E-state index in [1.807, 2.05) is 13.8 Å². The first-order valence-electron chi connectivity index (χ1n) is 5.35. The van der Waals surface area contributed by atoms with Gasteiger partial charge in [0.05, 0.1) is 5.56 Å². The molecule has 5 nitrogen and oxygen atoms in total. The molecule has 96 valence electrons. The molecule has 0 amide bonds. The topological polar surface area (TPSA) is 64.0 Å². The zero-order valence-corrected chi connectivity index (χ0v) is 12.0. The van der Waals surface area contributed by atoms with Gasteiger partial charge < -0.3 is 5.32 Å². The monoisotopic (exact) mass is 283 g/mol. The minimum atomic E-state index is 0.338. The van der Waals surface area contributed by atoms with E-state index in [9.17, 15) is 0 Å². The molecule has 0 spiro atoms. The van der Waals surface area contributed by atoms with Gasteiger partial charge in [-0.05, 0) is 37.7 Å². The smallest absolute Gasteiger partial charge is 0.185 e. The molecule has 1 aromatic heterocycles. The number of anilines is 1. The highest BCUT2D eigenvalue weighted by Crippen LogP contribution is 2.22. The van der Waals surface area contributed by atoms with E-state index in [1.165, 1.54) is 0 Å². The number of pyridine rings is 1. The molecule has 0 saturated carbocycles. The van der Waals surface area contributed by atoms with E-state index in [4.69, 9.17) is 29.1 Å². The van der Waals surface area contributed by atoms with Crippen LogP contribution in [0.3, 0.4) is 0 Å². The molecule has 0 fully saturated rings. The standard InChI is InChI=1S/C11H14ClN5S/c1-4-14-11(18)16-17(3)10-8(6-13)7(2)5-9(12)15-10/h5H,4H2,1-3H3,(H2,14,16,18). The van der Waals surface area contributed by atoms with Crippen LogP contribution < -0.4 is 15.8 Å². The van der Waals surface area contributed by atoms with Crippen LogP contribution in [0.1, 0.15) is 18.1 Å². The summed E-state index contributed by atoms with van der Waals surface area (Å²) in [6, 6.07) is 3.76. The zero-order chi connectivity index (χ0) is 13.7. The van der Waals surface area contributed by atoms with Gasteiger partial charge in [-0.3, -0.25) is 10.4 Å². The Balaban J connectivity index is 3.02. The number of nitrogens with zero attached hydrogens (tertiary/aromatic N) is 3. The van der Waals surface area contributed by atoms with Crippen LogP contribution in [-0.4, -0.2) is 23.7 Å². The van der Waals surface area contributed by atoms with Gasteiger partial charge in [-0.2, -0.15) is 5.26 Å². The number of aromatic nitrogens is 1. The van der Waals surface area contributed by atoms with Crippen molar-refractivity contribution >= 4 is 34.7 Å². The Morgan fingerprint density at radius 1 is 1.67 bits per heavy atom. The molecule has 0 aliphatic heterocycles. The summed E-state index contributed by atoms with van der Waals surface area (Å²) in [6.45, 7) is 4.47. The Bertz CT molecular complexity index is 497. The molecule has 7 heteroatoms. The second-order valence-electron chi connectivity index (χ2n) is 3.60. The Kier molecular flexibility index (Phi) is 5.13. The molecule has 0 aromatic carbocycles. The number of thiocarbonyl (C=S) groups is 1. The molecule has 0 aliphatic carbocycles. The summed E-state index contributed by atoms with van der Waals surface area (Å²) in [4.78, 5) is 4.14. The first-order valence-corrected chi connectivity index (χ1v) is 6.13. The number of halogens is 1. The summed E-state index contributed by atoms with van der Waals surface area (Å²) >= 11 is 11.0. The first-order chi connectivity index (χ1) is 8.49. The lowest BCUT2D eigenvalue weighted by atomic mass is 10.1. The molecule has 1 rings (SSSR count). The van der Waals surface area contributed by atoms with Crippen molar-refractivity contribution in [3.8, 4) is 6.07 Å². The molecular formula is C11H14ClN5S. The predicted molar refractivity (Wildman–Crippen MR) is 76.5 cm³/mol. The third-order valence-corrected chi connectivity index (χ3v) is 2.63. The van der Waals surface area contributed by atoms with E-state index >= 15 is 0 Å². The largest absolute Gasteiger partial charge is 0.362 e. The van der Waals surface area contributed by atoms with Gasteiger partial charge in [0, 0.05) is 13.6 Å². The van der Waals surface area contributed by atoms with Crippen LogP contribution in [0.2, 0.25) is 5.15 Å². The highest BCUT2D eigenvalue weighted by Gasteiger charge is 2.13. The summed E-state index contributed by atoms with van der Waals surface area (Å²) in [5, 5.41) is 14.5. The van der Waals surface area contributed by atoms with Gasteiger partial charge in [0.2, 0.25) is 0 Å². The van der Waals surface area contributed by atoms with Crippen molar-refractivity contribution in [2.75, 3.05) is 18.6 Å². The Morgan fingerprint density at radius 2 is 2.33 bits per heavy atom. The van der Waals surface area contributed by atoms with Crippen molar-refractivity contribution in [2.45, 2.75) is 13.8 Å².